The summed E-state index contributed by atoms with van der Waals surface area (Å²) in [7, 11) is 0. The number of hydrogen-bond donors (Lipinski definition) is 2. The van der Waals surface area contributed by atoms with E-state index in [0.717, 1.165) is 32.1 Å². The summed E-state index contributed by atoms with van der Waals surface area (Å²) >= 11 is 0. The van der Waals surface area contributed by atoms with Crippen LogP contribution in [0, 0.1) is 0 Å². The van der Waals surface area contributed by atoms with Crippen molar-refractivity contribution in [2.24, 2.45) is 4.99 Å². The fraction of sp³-hybridized carbons (Fsp3) is 0.917. The van der Waals surface area contributed by atoms with E-state index < -0.39 is 0 Å². The van der Waals surface area contributed by atoms with Crippen molar-refractivity contribution in [2.75, 3.05) is 19.7 Å². The minimum Gasteiger partial charge on any atom is -0.378 e. The van der Waals surface area contributed by atoms with Gasteiger partial charge in [0.2, 0.25) is 0 Å². The first-order valence-corrected chi connectivity index (χ1v) is 6.55. The van der Waals surface area contributed by atoms with Crippen molar-refractivity contribution < 1.29 is 4.74 Å². The molecular weight excluding hydrogens is 202 g/mol. The van der Waals surface area contributed by atoms with E-state index in [1.54, 1.807) is 0 Å². The summed E-state index contributed by atoms with van der Waals surface area (Å²) in [5, 5.41) is 6.69. The Morgan fingerprint density at radius 1 is 1.38 bits per heavy atom. The lowest BCUT2D eigenvalue weighted by molar-refractivity contribution is 0.106. The molecule has 2 N–H and O–H groups in total. The molecule has 1 heterocycles. The molecule has 0 amide bonds. The summed E-state index contributed by atoms with van der Waals surface area (Å²) in [6, 6.07) is 0.667. The number of hydrogen-bond acceptors (Lipinski definition) is 2. The minimum absolute atomic E-state index is 0.451. The number of nitrogens with one attached hydrogen (secondary N) is 2. The van der Waals surface area contributed by atoms with Crippen LogP contribution in [0.4, 0.5) is 0 Å². The van der Waals surface area contributed by atoms with E-state index in [4.69, 9.17) is 4.74 Å². The Morgan fingerprint density at radius 2 is 2.25 bits per heavy atom. The summed E-state index contributed by atoms with van der Waals surface area (Å²) in [6.45, 7) is 4.84. The third-order valence-corrected chi connectivity index (χ3v) is 3.01. The monoisotopic (exact) mass is 225 g/mol. The third kappa shape index (κ3) is 4.00. The maximum atomic E-state index is 5.58. The lowest BCUT2D eigenvalue weighted by atomic mass is 10.2. The molecule has 0 radical (unpaired) electrons. The molecule has 2 fully saturated rings. The zero-order valence-corrected chi connectivity index (χ0v) is 10.2. The Morgan fingerprint density at radius 3 is 2.88 bits per heavy atom. The van der Waals surface area contributed by atoms with Crippen LogP contribution in [0.25, 0.3) is 0 Å². The fourth-order valence-electron chi connectivity index (χ4n) is 1.93. The van der Waals surface area contributed by atoms with Gasteiger partial charge in [-0.2, -0.15) is 0 Å². The van der Waals surface area contributed by atoms with Gasteiger partial charge in [-0.15, -0.1) is 0 Å². The standard InChI is InChI=1S/C12H23N3O/c1-2-13-12(15-10-5-6-10)14-8-7-11-4-3-9-16-11/h10-11H,2-9H2,1H3,(H2,13,14,15). The van der Waals surface area contributed by atoms with E-state index in [1.807, 2.05) is 0 Å². The highest BCUT2D eigenvalue weighted by atomic mass is 16.5. The Kier molecular flexibility index (Phi) is 4.45. The van der Waals surface area contributed by atoms with E-state index in [9.17, 15) is 0 Å². The van der Waals surface area contributed by atoms with Gasteiger partial charge in [0.1, 0.15) is 0 Å². The van der Waals surface area contributed by atoms with Crippen molar-refractivity contribution in [3.8, 4) is 0 Å². The fourth-order valence-corrected chi connectivity index (χ4v) is 1.93. The molecule has 92 valence electrons. The minimum atomic E-state index is 0.451. The Labute approximate surface area is 97.9 Å². The smallest absolute Gasteiger partial charge is 0.191 e. The van der Waals surface area contributed by atoms with E-state index in [0.29, 0.717) is 12.1 Å². The topological polar surface area (TPSA) is 45.7 Å². The molecule has 0 aromatic carbocycles. The maximum absolute atomic E-state index is 5.58. The third-order valence-electron chi connectivity index (χ3n) is 3.01. The number of aliphatic imine (C=N–C) groups is 1. The van der Waals surface area contributed by atoms with Crippen LogP contribution in [0.2, 0.25) is 0 Å². The molecule has 0 aromatic heterocycles. The molecule has 0 bridgehead atoms. The lowest BCUT2D eigenvalue weighted by Gasteiger charge is -2.11. The molecule has 16 heavy (non-hydrogen) atoms. The molecule has 2 aliphatic rings. The number of rotatable bonds is 5. The second-order valence-corrected chi connectivity index (χ2v) is 4.60. The van der Waals surface area contributed by atoms with Gasteiger partial charge in [-0.05, 0) is 39.0 Å². The summed E-state index contributed by atoms with van der Waals surface area (Å²) in [5.41, 5.74) is 0. The first-order valence-electron chi connectivity index (χ1n) is 6.55. The van der Waals surface area contributed by atoms with Crippen LogP contribution < -0.4 is 10.6 Å². The van der Waals surface area contributed by atoms with Crippen molar-refractivity contribution in [3.63, 3.8) is 0 Å². The summed E-state index contributed by atoms with van der Waals surface area (Å²) in [4.78, 5) is 4.57. The Bertz CT molecular complexity index is 232. The molecule has 1 saturated heterocycles. The summed E-state index contributed by atoms with van der Waals surface area (Å²) in [6.07, 6.45) is 6.51. The van der Waals surface area contributed by atoms with E-state index in [-0.39, 0.29) is 0 Å². The maximum Gasteiger partial charge on any atom is 0.191 e. The molecule has 1 aliphatic heterocycles. The Balaban J connectivity index is 1.67. The molecule has 1 atom stereocenters. The van der Waals surface area contributed by atoms with Gasteiger partial charge in [-0.1, -0.05) is 0 Å². The predicted molar refractivity (Wildman–Crippen MR) is 65.7 cm³/mol. The number of guanidine groups is 1. The van der Waals surface area contributed by atoms with Gasteiger partial charge in [-0.3, -0.25) is 4.99 Å². The average Bonchev–Trinajstić information content (AvgIpc) is 2.93. The molecule has 1 saturated carbocycles. The number of nitrogens with zero attached hydrogens (tertiary/aromatic N) is 1. The molecule has 2 rings (SSSR count). The van der Waals surface area contributed by atoms with Crippen molar-refractivity contribution in [3.05, 3.63) is 0 Å². The lowest BCUT2D eigenvalue weighted by Crippen LogP contribution is -2.38. The van der Waals surface area contributed by atoms with Gasteiger partial charge >= 0.3 is 0 Å². The van der Waals surface area contributed by atoms with E-state index >= 15 is 0 Å². The highest BCUT2D eigenvalue weighted by Crippen LogP contribution is 2.18. The molecule has 1 aliphatic carbocycles. The molecule has 1 unspecified atom stereocenters. The summed E-state index contributed by atoms with van der Waals surface area (Å²) < 4.78 is 5.58. The average molecular weight is 225 g/mol. The molecular formula is C12H23N3O. The zero-order valence-electron chi connectivity index (χ0n) is 10.2. The second kappa shape index (κ2) is 6.09. The van der Waals surface area contributed by atoms with Crippen molar-refractivity contribution in [1.29, 1.82) is 0 Å². The SMILES string of the molecule is CCNC(=NCCC1CCCO1)NC1CC1. The van der Waals surface area contributed by atoms with Crippen molar-refractivity contribution in [1.82, 2.24) is 10.6 Å². The van der Waals surface area contributed by atoms with Crippen LogP contribution in [0.3, 0.4) is 0 Å². The highest BCUT2D eigenvalue weighted by Gasteiger charge is 2.22. The van der Waals surface area contributed by atoms with E-state index in [1.165, 1.54) is 25.7 Å². The van der Waals surface area contributed by atoms with Crippen LogP contribution in [0.1, 0.15) is 39.0 Å². The van der Waals surface area contributed by atoms with E-state index in [2.05, 4.69) is 22.5 Å². The van der Waals surface area contributed by atoms with Gasteiger partial charge in [-0.25, -0.2) is 0 Å². The van der Waals surface area contributed by atoms with Crippen LogP contribution in [-0.4, -0.2) is 37.8 Å². The van der Waals surface area contributed by atoms with Crippen LogP contribution in [-0.2, 0) is 4.74 Å². The largest absolute Gasteiger partial charge is 0.378 e. The normalized spacial score (nSPS) is 25.8. The van der Waals surface area contributed by atoms with Crippen LogP contribution >= 0.6 is 0 Å². The van der Waals surface area contributed by atoms with Crippen LogP contribution in [0.5, 0.6) is 0 Å². The Hall–Kier alpha value is -0.770. The molecule has 0 aromatic rings. The van der Waals surface area contributed by atoms with Gasteiger partial charge in [0.05, 0.1) is 6.10 Å². The van der Waals surface area contributed by atoms with Gasteiger partial charge in [0, 0.05) is 25.7 Å². The van der Waals surface area contributed by atoms with Gasteiger partial charge in [0.25, 0.3) is 0 Å². The predicted octanol–water partition coefficient (Wildman–Crippen LogP) is 1.27. The first kappa shape index (κ1) is 11.7. The van der Waals surface area contributed by atoms with Gasteiger partial charge < -0.3 is 15.4 Å². The zero-order chi connectivity index (χ0) is 11.2. The quantitative estimate of drug-likeness (QED) is 0.547. The van der Waals surface area contributed by atoms with Gasteiger partial charge in [0.15, 0.2) is 5.96 Å². The molecule has 0 spiro atoms. The van der Waals surface area contributed by atoms with Crippen molar-refractivity contribution in [2.45, 2.75) is 51.2 Å². The van der Waals surface area contributed by atoms with Crippen molar-refractivity contribution >= 4 is 5.96 Å². The number of ether oxygens (including phenoxy) is 1. The van der Waals surface area contributed by atoms with Crippen LogP contribution in [0.15, 0.2) is 4.99 Å². The molecule has 4 heteroatoms. The highest BCUT2D eigenvalue weighted by molar-refractivity contribution is 5.80. The second-order valence-electron chi connectivity index (χ2n) is 4.60. The first-order chi connectivity index (χ1) is 7.88. The summed E-state index contributed by atoms with van der Waals surface area (Å²) in [5.74, 6) is 0.975. The molecule has 4 nitrogen and oxygen atoms in total.